The van der Waals surface area contributed by atoms with E-state index in [1.54, 1.807) is 13.0 Å². The minimum absolute atomic E-state index is 0.169. The van der Waals surface area contributed by atoms with Crippen molar-refractivity contribution in [3.05, 3.63) is 36.2 Å². The first kappa shape index (κ1) is 12.9. The van der Waals surface area contributed by atoms with E-state index in [2.05, 4.69) is 15.3 Å². The number of fused-ring (bicyclic) bond motifs is 1. The van der Waals surface area contributed by atoms with Crippen molar-refractivity contribution in [2.45, 2.75) is 6.92 Å². The molecule has 2 rings (SSSR count). The van der Waals surface area contributed by atoms with Gasteiger partial charge >= 0.3 is 5.97 Å². The van der Waals surface area contributed by atoms with Gasteiger partial charge in [-0.25, -0.2) is 4.98 Å². The van der Waals surface area contributed by atoms with Gasteiger partial charge in [0.15, 0.2) is 0 Å². The van der Waals surface area contributed by atoms with E-state index < -0.39 is 11.9 Å². The van der Waals surface area contributed by atoms with Gasteiger partial charge in [-0.15, -0.1) is 0 Å². The Hall–Kier alpha value is -2.50. The van der Waals surface area contributed by atoms with Gasteiger partial charge in [0.25, 0.3) is 5.91 Å². The van der Waals surface area contributed by atoms with Crippen molar-refractivity contribution >= 4 is 22.9 Å². The number of carbonyl (C=O) groups excluding carboxylic acids is 2. The van der Waals surface area contributed by atoms with E-state index in [4.69, 9.17) is 4.74 Å². The van der Waals surface area contributed by atoms with Crippen LogP contribution in [0.1, 0.15) is 17.4 Å². The van der Waals surface area contributed by atoms with Crippen LogP contribution in [0.15, 0.2) is 30.5 Å². The maximum atomic E-state index is 11.8. The second kappa shape index (κ2) is 5.90. The van der Waals surface area contributed by atoms with Gasteiger partial charge in [-0.3, -0.25) is 14.6 Å². The molecule has 0 unspecified atom stereocenters. The van der Waals surface area contributed by atoms with Crippen molar-refractivity contribution in [3.63, 3.8) is 0 Å². The van der Waals surface area contributed by atoms with Crippen molar-refractivity contribution in [2.24, 2.45) is 0 Å². The molecule has 0 saturated heterocycles. The monoisotopic (exact) mass is 259 g/mol. The summed E-state index contributed by atoms with van der Waals surface area (Å²) in [5.41, 5.74) is 1.51. The number of benzene rings is 1. The van der Waals surface area contributed by atoms with Crippen molar-refractivity contribution in [3.8, 4) is 0 Å². The highest BCUT2D eigenvalue weighted by molar-refractivity contribution is 5.95. The van der Waals surface area contributed by atoms with Crippen LogP contribution in [0.25, 0.3) is 11.0 Å². The maximum absolute atomic E-state index is 11.8. The Bertz CT molecular complexity index is 613. The number of ether oxygens (including phenoxy) is 1. The lowest BCUT2D eigenvalue weighted by Gasteiger charge is -2.04. The number of aromatic nitrogens is 2. The lowest BCUT2D eigenvalue weighted by molar-refractivity contribution is -0.141. The minimum atomic E-state index is -0.482. The Morgan fingerprint density at radius 1 is 1.26 bits per heavy atom. The standard InChI is InChI=1S/C13H13N3O3/c1-2-19-12(17)8-15-13(18)11-7-14-9-5-3-4-6-10(9)16-11/h3-7H,2,8H2,1H3,(H,15,18). The lowest BCUT2D eigenvalue weighted by Crippen LogP contribution is -2.31. The Morgan fingerprint density at radius 2 is 2.00 bits per heavy atom. The molecule has 0 bridgehead atoms. The second-order valence-corrected chi connectivity index (χ2v) is 3.73. The van der Waals surface area contributed by atoms with Crippen LogP contribution in [0, 0.1) is 0 Å². The molecule has 2 aromatic rings. The molecule has 6 heteroatoms. The molecule has 0 saturated carbocycles. The zero-order chi connectivity index (χ0) is 13.7. The zero-order valence-corrected chi connectivity index (χ0v) is 10.4. The summed E-state index contributed by atoms with van der Waals surface area (Å²) in [6.07, 6.45) is 1.38. The van der Waals surface area contributed by atoms with Gasteiger partial charge in [0, 0.05) is 0 Å². The fraction of sp³-hybridized carbons (Fsp3) is 0.231. The number of carbonyl (C=O) groups is 2. The number of hydrogen-bond donors (Lipinski definition) is 1. The van der Waals surface area contributed by atoms with Crippen LogP contribution in [-0.4, -0.2) is 35.0 Å². The molecular weight excluding hydrogens is 246 g/mol. The first-order chi connectivity index (χ1) is 9.20. The molecular formula is C13H13N3O3. The molecule has 0 fully saturated rings. The van der Waals surface area contributed by atoms with Crippen LogP contribution in [0.5, 0.6) is 0 Å². The number of amides is 1. The summed E-state index contributed by atoms with van der Waals surface area (Å²) in [5, 5.41) is 2.43. The summed E-state index contributed by atoms with van der Waals surface area (Å²) in [7, 11) is 0. The first-order valence-corrected chi connectivity index (χ1v) is 5.86. The van der Waals surface area contributed by atoms with E-state index in [1.165, 1.54) is 6.20 Å². The van der Waals surface area contributed by atoms with E-state index in [1.807, 2.05) is 18.2 Å². The summed E-state index contributed by atoms with van der Waals surface area (Å²) >= 11 is 0. The smallest absolute Gasteiger partial charge is 0.325 e. The topological polar surface area (TPSA) is 81.2 Å². The summed E-state index contributed by atoms with van der Waals surface area (Å²) in [4.78, 5) is 31.2. The van der Waals surface area contributed by atoms with Gasteiger partial charge in [-0.2, -0.15) is 0 Å². The fourth-order valence-electron chi connectivity index (χ4n) is 1.52. The normalized spacial score (nSPS) is 10.2. The number of esters is 1. The Labute approximate surface area is 109 Å². The van der Waals surface area contributed by atoms with E-state index >= 15 is 0 Å². The average molecular weight is 259 g/mol. The molecule has 6 nitrogen and oxygen atoms in total. The molecule has 1 heterocycles. The quantitative estimate of drug-likeness (QED) is 0.826. The molecule has 1 N–H and O–H groups in total. The third kappa shape index (κ3) is 3.25. The number of para-hydroxylation sites is 2. The van der Waals surface area contributed by atoms with Crippen molar-refractivity contribution in [2.75, 3.05) is 13.2 Å². The third-order valence-corrected chi connectivity index (χ3v) is 2.38. The van der Waals surface area contributed by atoms with Gasteiger partial charge in [0.05, 0.1) is 23.8 Å². The van der Waals surface area contributed by atoms with Crippen LogP contribution in [-0.2, 0) is 9.53 Å². The van der Waals surface area contributed by atoms with Crippen LogP contribution < -0.4 is 5.32 Å². The molecule has 0 aliphatic carbocycles. The van der Waals surface area contributed by atoms with Crippen LogP contribution in [0.4, 0.5) is 0 Å². The van der Waals surface area contributed by atoms with E-state index in [0.29, 0.717) is 11.0 Å². The molecule has 1 aromatic heterocycles. The Morgan fingerprint density at radius 3 is 2.74 bits per heavy atom. The lowest BCUT2D eigenvalue weighted by atomic mass is 10.3. The average Bonchev–Trinajstić information content (AvgIpc) is 2.44. The van der Waals surface area contributed by atoms with Crippen molar-refractivity contribution in [1.82, 2.24) is 15.3 Å². The van der Waals surface area contributed by atoms with Gasteiger partial charge in [0.1, 0.15) is 12.2 Å². The van der Waals surface area contributed by atoms with Gasteiger partial charge in [-0.1, -0.05) is 12.1 Å². The van der Waals surface area contributed by atoms with E-state index in [-0.39, 0.29) is 18.8 Å². The molecule has 19 heavy (non-hydrogen) atoms. The molecule has 1 aromatic carbocycles. The van der Waals surface area contributed by atoms with Crippen LogP contribution in [0.2, 0.25) is 0 Å². The third-order valence-electron chi connectivity index (χ3n) is 2.38. The number of hydrogen-bond acceptors (Lipinski definition) is 5. The number of rotatable bonds is 4. The predicted molar refractivity (Wildman–Crippen MR) is 68.5 cm³/mol. The number of nitrogens with one attached hydrogen (secondary N) is 1. The van der Waals surface area contributed by atoms with E-state index in [0.717, 1.165) is 0 Å². The number of nitrogens with zero attached hydrogens (tertiary/aromatic N) is 2. The summed E-state index contributed by atoms with van der Waals surface area (Å²) in [6.45, 7) is 1.81. The van der Waals surface area contributed by atoms with Crippen molar-refractivity contribution < 1.29 is 14.3 Å². The molecule has 0 aliphatic rings. The minimum Gasteiger partial charge on any atom is -0.465 e. The molecule has 1 amide bonds. The summed E-state index contributed by atoms with van der Waals surface area (Å²) in [5.74, 6) is -0.934. The molecule has 0 aliphatic heterocycles. The van der Waals surface area contributed by atoms with E-state index in [9.17, 15) is 9.59 Å². The molecule has 98 valence electrons. The summed E-state index contributed by atoms with van der Waals surface area (Å²) in [6, 6.07) is 7.24. The van der Waals surface area contributed by atoms with Gasteiger partial charge < -0.3 is 10.1 Å². The maximum Gasteiger partial charge on any atom is 0.325 e. The Balaban J connectivity index is 2.07. The first-order valence-electron chi connectivity index (χ1n) is 5.86. The Kier molecular flexibility index (Phi) is 4.02. The zero-order valence-electron chi connectivity index (χ0n) is 10.4. The molecule has 0 radical (unpaired) electrons. The van der Waals surface area contributed by atoms with Crippen LogP contribution in [0.3, 0.4) is 0 Å². The summed E-state index contributed by atoms with van der Waals surface area (Å²) < 4.78 is 4.71. The molecule has 0 atom stereocenters. The second-order valence-electron chi connectivity index (χ2n) is 3.73. The largest absolute Gasteiger partial charge is 0.465 e. The SMILES string of the molecule is CCOC(=O)CNC(=O)c1cnc2ccccc2n1. The highest BCUT2D eigenvalue weighted by Crippen LogP contribution is 2.08. The predicted octanol–water partition coefficient (Wildman–Crippen LogP) is 0.923. The van der Waals surface area contributed by atoms with Gasteiger partial charge in [0.2, 0.25) is 0 Å². The van der Waals surface area contributed by atoms with Crippen LogP contribution >= 0.6 is 0 Å². The molecule has 0 spiro atoms. The highest BCUT2D eigenvalue weighted by Gasteiger charge is 2.10. The van der Waals surface area contributed by atoms with Crippen molar-refractivity contribution in [1.29, 1.82) is 0 Å². The highest BCUT2D eigenvalue weighted by atomic mass is 16.5. The van der Waals surface area contributed by atoms with Gasteiger partial charge in [-0.05, 0) is 19.1 Å². The fourth-order valence-corrected chi connectivity index (χ4v) is 1.52.